The van der Waals surface area contributed by atoms with Crippen LogP contribution in [-0.2, 0) is 11.3 Å². The molecule has 2 saturated heterocycles. The molecule has 174 valence electrons. The van der Waals surface area contributed by atoms with Gasteiger partial charge in [-0.2, -0.15) is 0 Å². The molecule has 3 aromatic rings. The zero-order chi connectivity index (χ0) is 22.8. The molecule has 8 nitrogen and oxygen atoms in total. The largest absolute Gasteiger partial charge is 0.497 e. The summed E-state index contributed by atoms with van der Waals surface area (Å²) in [7, 11) is 1.55. The van der Waals surface area contributed by atoms with E-state index in [9.17, 15) is 4.39 Å². The van der Waals surface area contributed by atoms with Gasteiger partial charge in [-0.1, -0.05) is 6.07 Å². The van der Waals surface area contributed by atoms with Gasteiger partial charge < -0.3 is 19.7 Å². The van der Waals surface area contributed by atoms with Crippen LogP contribution in [0.3, 0.4) is 0 Å². The van der Waals surface area contributed by atoms with Crippen LogP contribution in [0.4, 0.5) is 16.0 Å². The van der Waals surface area contributed by atoms with Crippen molar-refractivity contribution >= 4 is 22.7 Å². The predicted molar refractivity (Wildman–Crippen MR) is 125 cm³/mol. The molecular weight excluding hydrogens is 423 g/mol. The highest BCUT2D eigenvalue weighted by Gasteiger charge is 2.25. The SMILES string of the molecule is COc1ccc(CN2CCN(c3nc4cnc(C)cc4nc3N[C@H]3CCOC3)CC2)c(F)c1. The molecule has 0 unspecified atom stereocenters. The van der Waals surface area contributed by atoms with Gasteiger partial charge in [0.05, 0.1) is 31.5 Å². The van der Waals surface area contributed by atoms with Crippen LogP contribution < -0.4 is 15.0 Å². The van der Waals surface area contributed by atoms with E-state index in [1.165, 1.54) is 6.07 Å². The number of nitrogens with zero attached hydrogens (tertiary/aromatic N) is 5. The number of hydrogen-bond acceptors (Lipinski definition) is 8. The lowest BCUT2D eigenvalue weighted by Crippen LogP contribution is -2.46. The standard InChI is InChI=1S/C24H29FN6O2/c1-16-11-21-22(13-26-16)29-24(23(28-21)27-18-5-10-33-15-18)31-8-6-30(7-9-31)14-17-3-4-19(32-2)12-20(17)25/h3-4,11-13,18H,5-10,14-15H2,1-2H3,(H,27,28)/t18-/m0/s1. The molecule has 0 saturated carbocycles. The average molecular weight is 453 g/mol. The number of aryl methyl sites for hydroxylation is 1. The molecule has 0 amide bonds. The van der Waals surface area contributed by atoms with Crippen LogP contribution in [0.1, 0.15) is 17.7 Å². The van der Waals surface area contributed by atoms with E-state index >= 15 is 0 Å². The minimum atomic E-state index is -0.231. The topological polar surface area (TPSA) is 75.6 Å². The van der Waals surface area contributed by atoms with Gasteiger partial charge in [0.1, 0.15) is 17.1 Å². The fourth-order valence-corrected chi connectivity index (χ4v) is 4.35. The lowest BCUT2D eigenvalue weighted by Gasteiger charge is -2.36. The number of pyridine rings is 1. The second-order valence-electron chi connectivity index (χ2n) is 8.64. The summed E-state index contributed by atoms with van der Waals surface area (Å²) in [4.78, 5) is 18.7. The van der Waals surface area contributed by atoms with Crippen molar-refractivity contribution < 1.29 is 13.9 Å². The van der Waals surface area contributed by atoms with Crippen LogP contribution in [-0.4, -0.2) is 72.4 Å². The first-order chi connectivity index (χ1) is 16.1. The van der Waals surface area contributed by atoms with Crippen molar-refractivity contribution in [1.82, 2.24) is 19.9 Å². The van der Waals surface area contributed by atoms with Crippen molar-refractivity contribution in [3.05, 3.63) is 47.5 Å². The fraction of sp³-hybridized carbons (Fsp3) is 0.458. The maximum Gasteiger partial charge on any atom is 0.172 e. The summed E-state index contributed by atoms with van der Waals surface area (Å²) in [5.41, 5.74) is 3.21. The van der Waals surface area contributed by atoms with Gasteiger partial charge >= 0.3 is 0 Å². The molecule has 0 aliphatic carbocycles. The van der Waals surface area contributed by atoms with Gasteiger partial charge in [-0.25, -0.2) is 14.4 Å². The van der Waals surface area contributed by atoms with Gasteiger partial charge in [0.2, 0.25) is 0 Å². The summed E-state index contributed by atoms with van der Waals surface area (Å²) in [5.74, 6) is 1.94. The summed E-state index contributed by atoms with van der Waals surface area (Å²) < 4.78 is 25.0. The molecule has 0 radical (unpaired) electrons. The monoisotopic (exact) mass is 452 g/mol. The van der Waals surface area contributed by atoms with Crippen LogP contribution in [0.25, 0.3) is 11.0 Å². The second kappa shape index (κ2) is 9.44. The van der Waals surface area contributed by atoms with E-state index in [1.807, 2.05) is 13.0 Å². The van der Waals surface area contributed by atoms with E-state index < -0.39 is 0 Å². The van der Waals surface area contributed by atoms with Crippen molar-refractivity contribution in [3.8, 4) is 5.75 Å². The normalized spacial score (nSPS) is 19.2. The number of methoxy groups -OCH3 is 1. The van der Waals surface area contributed by atoms with Crippen molar-refractivity contribution in [1.29, 1.82) is 0 Å². The highest BCUT2D eigenvalue weighted by Crippen LogP contribution is 2.28. The number of anilines is 2. The number of piperazine rings is 1. The molecule has 0 bridgehead atoms. The number of fused-ring (bicyclic) bond motifs is 1. The number of aromatic nitrogens is 3. The van der Waals surface area contributed by atoms with E-state index in [-0.39, 0.29) is 11.9 Å². The lowest BCUT2D eigenvalue weighted by atomic mass is 10.1. The first-order valence-electron chi connectivity index (χ1n) is 11.4. The van der Waals surface area contributed by atoms with Crippen molar-refractivity contribution in [2.45, 2.75) is 25.9 Å². The molecule has 2 aliphatic rings. The third-order valence-electron chi connectivity index (χ3n) is 6.27. The summed E-state index contributed by atoms with van der Waals surface area (Å²) in [6.45, 7) is 7.15. The molecule has 1 aromatic carbocycles. The highest BCUT2D eigenvalue weighted by atomic mass is 19.1. The molecule has 2 aliphatic heterocycles. The number of ether oxygens (including phenoxy) is 2. The number of halogens is 1. The molecule has 33 heavy (non-hydrogen) atoms. The Morgan fingerprint density at radius 1 is 1.15 bits per heavy atom. The van der Waals surface area contributed by atoms with E-state index in [1.54, 1.807) is 25.4 Å². The second-order valence-corrected chi connectivity index (χ2v) is 8.64. The zero-order valence-electron chi connectivity index (χ0n) is 19.1. The van der Waals surface area contributed by atoms with E-state index in [2.05, 4.69) is 20.1 Å². The lowest BCUT2D eigenvalue weighted by molar-refractivity contribution is 0.195. The Kier molecular flexibility index (Phi) is 6.24. The molecular formula is C24H29FN6O2. The van der Waals surface area contributed by atoms with Gasteiger partial charge in [0, 0.05) is 56.7 Å². The van der Waals surface area contributed by atoms with Crippen LogP contribution in [0.5, 0.6) is 5.75 Å². The van der Waals surface area contributed by atoms with E-state index in [0.29, 0.717) is 24.5 Å². The average Bonchev–Trinajstić information content (AvgIpc) is 3.33. The third-order valence-corrected chi connectivity index (χ3v) is 6.27. The first kappa shape index (κ1) is 21.8. The van der Waals surface area contributed by atoms with Crippen LogP contribution in [0, 0.1) is 12.7 Å². The molecule has 9 heteroatoms. The smallest absolute Gasteiger partial charge is 0.172 e. The maximum absolute atomic E-state index is 14.4. The highest BCUT2D eigenvalue weighted by molar-refractivity contribution is 5.80. The van der Waals surface area contributed by atoms with Gasteiger partial charge in [-0.05, 0) is 25.5 Å². The first-order valence-corrected chi connectivity index (χ1v) is 11.4. The molecule has 5 rings (SSSR count). The van der Waals surface area contributed by atoms with Crippen LogP contribution in [0.15, 0.2) is 30.5 Å². The van der Waals surface area contributed by atoms with Crippen molar-refractivity contribution in [2.24, 2.45) is 0 Å². The summed E-state index contributed by atoms with van der Waals surface area (Å²) in [5, 5.41) is 3.55. The molecule has 2 fully saturated rings. The molecule has 1 N–H and O–H groups in total. The zero-order valence-corrected chi connectivity index (χ0v) is 19.1. The number of rotatable bonds is 6. The fourth-order valence-electron chi connectivity index (χ4n) is 4.35. The van der Waals surface area contributed by atoms with Gasteiger partial charge in [0.25, 0.3) is 0 Å². The summed E-state index contributed by atoms with van der Waals surface area (Å²) in [6.07, 6.45) is 2.74. The number of hydrogen-bond donors (Lipinski definition) is 1. The molecule has 2 aromatic heterocycles. The maximum atomic E-state index is 14.4. The van der Waals surface area contributed by atoms with Crippen LogP contribution in [0.2, 0.25) is 0 Å². The predicted octanol–water partition coefficient (Wildman–Crippen LogP) is 3.00. The Morgan fingerprint density at radius 3 is 2.73 bits per heavy atom. The Labute approximate surface area is 192 Å². The van der Waals surface area contributed by atoms with Crippen molar-refractivity contribution in [2.75, 3.05) is 56.7 Å². The van der Waals surface area contributed by atoms with E-state index in [0.717, 1.165) is 67.6 Å². The molecule has 4 heterocycles. The van der Waals surface area contributed by atoms with Crippen molar-refractivity contribution in [3.63, 3.8) is 0 Å². The number of benzene rings is 1. The quantitative estimate of drug-likeness (QED) is 0.612. The Hall–Kier alpha value is -3.04. The van der Waals surface area contributed by atoms with Gasteiger partial charge in [0.15, 0.2) is 11.6 Å². The molecule has 1 atom stereocenters. The summed E-state index contributed by atoms with van der Waals surface area (Å²) in [6, 6.07) is 7.24. The summed E-state index contributed by atoms with van der Waals surface area (Å²) >= 11 is 0. The Balaban J connectivity index is 1.33. The molecule has 0 spiro atoms. The van der Waals surface area contributed by atoms with Gasteiger partial charge in [-0.15, -0.1) is 0 Å². The van der Waals surface area contributed by atoms with Crippen LogP contribution >= 0.6 is 0 Å². The Bertz CT molecular complexity index is 1130. The van der Waals surface area contributed by atoms with E-state index in [4.69, 9.17) is 19.4 Å². The third kappa shape index (κ3) is 4.84. The van der Waals surface area contributed by atoms with Gasteiger partial charge in [-0.3, -0.25) is 9.88 Å². The Morgan fingerprint density at radius 2 is 2.00 bits per heavy atom. The number of nitrogens with one attached hydrogen (secondary N) is 1. The minimum Gasteiger partial charge on any atom is -0.497 e. The minimum absolute atomic E-state index is 0.231.